The van der Waals surface area contributed by atoms with Crippen LogP contribution in [0.5, 0.6) is 0 Å². The first-order chi connectivity index (χ1) is 4.85. The predicted octanol–water partition coefficient (Wildman–Crippen LogP) is -0.903. The Bertz CT molecular complexity index is 150. The molecule has 56 valence electrons. The number of nitrogens with one attached hydrogen (secondary N) is 1. The summed E-state index contributed by atoms with van der Waals surface area (Å²) in [6.07, 6.45) is 5.40. The molecular weight excluding hydrogens is 128 g/mol. The van der Waals surface area contributed by atoms with Gasteiger partial charge in [-0.2, -0.15) is 0 Å². The molecule has 0 aliphatic carbocycles. The standard InChI is InChI=1S/C7H12N2O/c1-2-7(3-5-8)4-6-9-10/h2,4,6,9H,1,3,5,8H2/b7-4+,9-6+. The zero-order valence-electron chi connectivity index (χ0n) is 5.84. The van der Waals surface area contributed by atoms with Gasteiger partial charge in [-0.1, -0.05) is 12.7 Å². The first-order valence-electron chi connectivity index (χ1n) is 3.07. The molecule has 0 saturated carbocycles. The van der Waals surface area contributed by atoms with E-state index in [2.05, 4.69) is 6.58 Å². The molecule has 0 bridgehead atoms. The minimum absolute atomic E-state index is 0.574. The van der Waals surface area contributed by atoms with E-state index in [-0.39, 0.29) is 0 Å². The van der Waals surface area contributed by atoms with Gasteiger partial charge in [0.15, 0.2) is 6.21 Å². The Kier molecular flexibility index (Phi) is 5.38. The van der Waals surface area contributed by atoms with Gasteiger partial charge in [0.1, 0.15) is 0 Å². The Labute approximate surface area is 60.5 Å². The third kappa shape index (κ3) is 3.86. The molecule has 0 aromatic carbocycles. The van der Waals surface area contributed by atoms with Crippen LogP contribution in [0.15, 0.2) is 24.3 Å². The summed E-state index contributed by atoms with van der Waals surface area (Å²) in [4.78, 5) is 0. The van der Waals surface area contributed by atoms with Crippen LogP contribution < -0.4 is 10.9 Å². The molecule has 0 amide bonds. The molecule has 3 nitrogen and oxygen atoms in total. The minimum Gasteiger partial charge on any atom is -0.625 e. The molecule has 0 rings (SSSR count). The number of nitrogens with two attached hydrogens (primary N) is 1. The molecule has 0 radical (unpaired) electrons. The van der Waals surface area contributed by atoms with Gasteiger partial charge in [0.2, 0.25) is 0 Å². The van der Waals surface area contributed by atoms with E-state index < -0.39 is 0 Å². The van der Waals surface area contributed by atoms with Crippen LogP contribution >= 0.6 is 0 Å². The first kappa shape index (κ1) is 8.91. The van der Waals surface area contributed by atoms with Crippen LogP contribution in [0.25, 0.3) is 0 Å². The fourth-order valence-corrected chi connectivity index (χ4v) is 0.561. The Morgan fingerprint density at radius 3 is 2.80 bits per heavy atom. The minimum atomic E-state index is 0.574. The third-order valence-electron chi connectivity index (χ3n) is 1.06. The van der Waals surface area contributed by atoms with Crippen LogP contribution in [0.3, 0.4) is 0 Å². The Morgan fingerprint density at radius 2 is 2.40 bits per heavy atom. The van der Waals surface area contributed by atoms with Crippen molar-refractivity contribution in [3.05, 3.63) is 29.5 Å². The monoisotopic (exact) mass is 140 g/mol. The lowest BCUT2D eigenvalue weighted by Gasteiger charge is -1.93. The van der Waals surface area contributed by atoms with Crippen molar-refractivity contribution >= 4 is 6.21 Å². The molecule has 0 unspecified atom stereocenters. The topological polar surface area (TPSA) is 63.0 Å². The fraction of sp³-hybridized carbons (Fsp3) is 0.286. The smallest absolute Gasteiger partial charge is 0.172 e. The van der Waals surface area contributed by atoms with Crippen molar-refractivity contribution in [3.63, 3.8) is 0 Å². The van der Waals surface area contributed by atoms with Crippen LogP contribution in [0, 0.1) is 5.21 Å². The van der Waals surface area contributed by atoms with Crippen LogP contribution in [0.1, 0.15) is 6.42 Å². The summed E-state index contributed by atoms with van der Waals surface area (Å²) < 4.78 is 0. The highest BCUT2D eigenvalue weighted by molar-refractivity contribution is 5.67. The van der Waals surface area contributed by atoms with Crippen molar-refractivity contribution in [3.8, 4) is 0 Å². The van der Waals surface area contributed by atoms with E-state index in [0.717, 1.165) is 12.0 Å². The van der Waals surface area contributed by atoms with Crippen LogP contribution in [-0.2, 0) is 0 Å². The quantitative estimate of drug-likeness (QED) is 0.230. The van der Waals surface area contributed by atoms with Crippen molar-refractivity contribution in [1.29, 1.82) is 0 Å². The molecule has 0 aliphatic rings. The lowest BCUT2D eigenvalue weighted by atomic mass is 10.2. The summed E-state index contributed by atoms with van der Waals surface area (Å²) >= 11 is 0. The van der Waals surface area contributed by atoms with E-state index >= 15 is 0 Å². The van der Waals surface area contributed by atoms with Gasteiger partial charge < -0.3 is 10.9 Å². The molecule has 0 spiro atoms. The Hall–Kier alpha value is -1.09. The van der Waals surface area contributed by atoms with Crippen molar-refractivity contribution in [2.45, 2.75) is 6.42 Å². The molecule has 0 aromatic rings. The average molecular weight is 140 g/mol. The maximum atomic E-state index is 9.74. The van der Waals surface area contributed by atoms with Gasteiger partial charge in [0.05, 0.1) is 0 Å². The zero-order valence-corrected chi connectivity index (χ0v) is 5.84. The van der Waals surface area contributed by atoms with Crippen molar-refractivity contribution < 1.29 is 5.16 Å². The van der Waals surface area contributed by atoms with Crippen molar-refractivity contribution in [2.24, 2.45) is 5.73 Å². The molecule has 0 atom stereocenters. The second-order valence-electron chi connectivity index (χ2n) is 1.77. The molecule has 0 heterocycles. The molecule has 0 fully saturated rings. The van der Waals surface area contributed by atoms with E-state index in [0.29, 0.717) is 6.54 Å². The first-order valence-corrected chi connectivity index (χ1v) is 3.07. The maximum Gasteiger partial charge on any atom is 0.172 e. The Balaban J connectivity index is 3.90. The molecule has 0 saturated heterocycles. The van der Waals surface area contributed by atoms with Gasteiger partial charge in [-0.15, -0.1) is 0 Å². The predicted molar refractivity (Wildman–Crippen MR) is 42.3 cm³/mol. The molecule has 3 N–H and O–H groups in total. The summed E-state index contributed by atoms with van der Waals surface area (Å²) in [7, 11) is 0. The normalized spacial score (nSPS) is 12.3. The van der Waals surface area contributed by atoms with E-state index in [9.17, 15) is 5.21 Å². The number of hydrogen-bond acceptors (Lipinski definition) is 2. The molecule has 0 aliphatic heterocycles. The van der Waals surface area contributed by atoms with E-state index in [1.54, 1.807) is 17.3 Å². The van der Waals surface area contributed by atoms with Crippen LogP contribution in [0.4, 0.5) is 0 Å². The lowest BCUT2D eigenvalue weighted by Crippen LogP contribution is -2.59. The highest BCUT2D eigenvalue weighted by Crippen LogP contribution is 1.97. The molecule has 3 heteroatoms. The van der Waals surface area contributed by atoms with E-state index in [4.69, 9.17) is 5.73 Å². The summed E-state index contributed by atoms with van der Waals surface area (Å²) in [6, 6.07) is 0. The van der Waals surface area contributed by atoms with Gasteiger partial charge in [0, 0.05) is 6.08 Å². The van der Waals surface area contributed by atoms with Crippen LogP contribution in [-0.4, -0.2) is 12.8 Å². The Morgan fingerprint density at radius 1 is 1.70 bits per heavy atom. The fourth-order valence-electron chi connectivity index (χ4n) is 0.561. The van der Waals surface area contributed by atoms with Gasteiger partial charge in [0.25, 0.3) is 0 Å². The number of rotatable bonds is 4. The maximum absolute atomic E-state index is 9.74. The van der Waals surface area contributed by atoms with E-state index in [1.165, 1.54) is 6.21 Å². The summed E-state index contributed by atoms with van der Waals surface area (Å²) in [5.41, 5.74) is 6.24. The van der Waals surface area contributed by atoms with Gasteiger partial charge in [-0.25, -0.2) is 5.16 Å². The van der Waals surface area contributed by atoms with Crippen molar-refractivity contribution in [2.75, 3.05) is 6.54 Å². The van der Waals surface area contributed by atoms with Gasteiger partial charge in [-0.05, 0) is 18.5 Å². The number of allylic oxidation sites excluding steroid dienone is 2. The summed E-state index contributed by atoms with van der Waals surface area (Å²) in [5, 5.41) is 11.4. The number of hydrogen-bond donors (Lipinski definition) is 2. The second-order valence-corrected chi connectivity index (χ2v) is 1.77. The summed E-state index contributed by atoms with van der Waals surface area (Å²) in [6.45, 7) is 4.13. The highest BCUT2D eigenvalue weighted by atomic mass is 16.4. The summed E-state index contributed by atoms with van der Waals surface area (Å²) in [5.74, 6) is 0. The van der Waals surface area contributed by atoms with Gasteiger partial charge >= 0.3 is 0 Å². The van der Waals surface area contributed by atoms with E-state index in [1.807, 2.05) is 0 Å². The van der Waals surface area contributed by atoms with Gasteiger partial charge in [-0.3, -0.25) is 0 Å². The molecule has 10 heavy (non-hydrogen) atoms. The zero-order chi connectivity index (χ0) is 7.82. The second kappa shape index (κ2) is 6.04. The lowest BCUT2D eigenvalue weighted by molar-refractivity contribution is -0.366. The van der Waals surface area contributed by atoms with Crippen molar-refractivity contribution in [1.82, 2.24) is 0 Å². The van der Waals surface area contributed by atoms with Crippen LogP contribution in [0.2, 0.25) is 0 Å². The molecule has 0 aromatic heterocycles. The molecular formula is C7H12N2O. The highest BCUT2D eigenvalue weighted by Gasteiger charge is 1.86. The average Bonchev–Trinajstić information content (AvgIpc) is 1.98. The largest absolute Gasteiger partial charge is 0.625 e. The SMILES string of the molecule is C=C/C(=C\C=[NH+]\[O-])CCN. The third-order valence-corrected chi connectivity index (χ3v) is 1.06.